The first-order valence-electron chi connectivity index (χ1n) is 5.74. The van der Waals surface area contributed by atoms with Crippen molar-refractivity contribution in [2.24, 2.45) is 0 Å². The Kier molecular flexibility index (Phi) is 6.78. The summed E-state index contributed by atoms with van der Waals surface area (Å²) in [4.78, 5) is 0. The zero-order chi connectivity index (χ0) is 13.5. The van der Waals surface area contributed by atoms with Crippen LogP contribution in [-0.4, -0.2) is 24.7 Å². The molecule has 0 aromatic heterocycles. The highest BCUT2D eigenvalue weighted by Crippen LogP contribution is 2.37. The molecule has 0 amide bonds. The molecule has 0 spiro atoms. The highest BCUT2D eigenvalue weighted by atomic mass is 19.4. The second-order valence-corrected chi connectivity index (χ2v) is 4.13. The van der Waals surface area contributed by atoms with E-state index in [0.717, 1.165) is 19.8 Å². The van der Waals surface area contributed by atoms with Crippen molar-refractivity contribution in [1.82, 2.24) is 0 Å². The molecule has 0 N–H and O–H groups in total. The summed E-state index contributed by atoms with van der Waals surface area (Å²) in [7, 11) is 0. The Morgan fingerprint density at radius 2 is 1.94 bits per heavy atom. The van der Waals surface area contributed by atoms with Gasteiger partial charge in [0.05, 0.1) is 0 Å². The average Bonchev–Trinajstić information content (AvgIpc) is 2.16. The SMILES string of the molecule is C=CCC(C)(OC(C)OCCCC)C(F)(F)F. The van der Waals surface area contributed by atoms with Gasteiger partial charge < -0.3 is 9.47 Å². The third-order valence-corrected chi connectivity index (χ3v) is 2.41. The Balaban J connectivity index is 4.39. The number of unbranched alkanes of at least 4 members (excludes halogenated alkanes) is 1. The number of rotatable bonds is 8. The van der Waals surface area contributed by atoms with Crippen LogP contribution in [0, 0.1) is 0 Å². The van der Waals surface area contributed by atoms with E-state index in [2.05, 4.69) is 6.58 Å². The van der Waals surface area contributed by atoms with Crippen LogP contribution in [0.4, 0.5) is 13.2 Å². The zero-order valence-corrected chi connectivity index (χ0v) is 10.6. The van der Waals surface area contributed by atoms with Crippen molar-refractivity contribution >= 4 is 0 Å². The molecular weight excluding hydrogens is 233 g/mol. The Labute approximate surface area is 101 Å². The topological polar surface area (TPSA) is 18.5 Å². The van der Waals surface area contributed by atoms with Crippen LogP contribution in [0.5, 0.6) is 0 Å². The van der Waals surface area contributed by atoms with Crippen molar-refractivity contribution in [3.8, 4) is 0 Å². The van der Waals surface area contributed by atoms with E-state index in [4.69, 9.17) is 9.47 Å². The number of halogens is 3. The summed E-state index contributed by atoms with van der Waals surface area (Å²) >= 11 is 0. The summed E-state index contributed by atoms with van der Waals surface area (Å²) in [5.41, 5.74) is -2.24. The fourth-order valence-electron chi connectivity index (χ4n) is 1.30. The first-order chi connectivity index (χ1) is 7.77. The minimum atomic E-state index is -4.44. The Bertz CT molecular complexity index is 228. The minimum absolute atomic E-state index is 0.294. The summed E-state index contributed by atoms with van der Waals surface area (Å²) in [5, 5.41) is 0. The molecule has 0 aromatic rings. The summed E-state index contributed by atoms with van der Waals surface area (Å²) < 4.78 is 48.6. The van der Waals surface area contributed by atoms with Gasteiger partial charge in [0.25, 0.3) is 0 Å². The number of ether oxygens (including phenoxy) is 2. The third-order valence-electron chi connectivity index (χ3n) is 2.41. The molecule has 17 heavy (non-hydrogen) atoms. The summed E-state index contributed by atoms with van der Waals surface area (Å²) in [6.45, 7) is 8.19. The lowest BCUT2D eigenvalue weighted by Crippen LogP contribution is -2.47. The van der Waals surface area contributed by atoms with Crippen LogP contribution < -0.4 is 0 Å². The molecule has 0 rings (SSSR count). The Morgan fingerprint density at radius 1 is 1.35 bits per heavy atom. The van der Waals surface area contributed by atoms with Crippen molar-refractivity contribution in [2.75, 3.05) is 6.61 Å². The first-order valence-corrected chi connectivity index (χ1v) is 5.74. The van der Waals surface area contributed by atoms with Gasteiger partial charge in [0.2, 0.25) is 0 Å². The first kappa shape index (κ1) is 16.4. The van der Waals surface area contributed by atoms with Crippen molar-refractivity contribution in [3.63, 3.8) is 0 Å². The van der Waals surface area contributed by atoms with E-state index in [1.807, 2.05) is 6.92 Å². The molecule has 5 heteroatoms. The molecule has 0 saturated carbocycles. The van der Waals surface area contributed by atoms with Gasteiger partial charge in [-0.05, 0) is 20.3 Å². The smallest absolute Gasteiger partial charge is 0.353 e. The maximum Gasteiger partial charge on any atom is 0.417 e. The predicted molar refractivity (Wildman–Crippen MR) is 60.7 cm³/mol. The number of hydrogen-bond donors (Lipinski definition) is 0. The van der Waals surface area contributed by atoms with Gasteiger partial charge in [-0.3, -0.25) is 0 Å². The standard InChI is InChI=1S/C12H21F3O2/c1-5-7-9-16-10(3)17-11(4,8-6-2)12(13,14)15/h6,10H,2,5,7-9H2,1,3-4H3. The van der Waals surface area contributed by atoms with Gasteiger partial charge in [-0.25, -0.2) is 0 Å². The van der Waals surface area contributed by atoms with Crippen LogP contribution in [0.15, 0.2) is 12.7 Å². The molecule has 2 unspecified atom stereocenters. The normalized spacial score (nSPS) is 17.5. The van der Waals surface area contributed by atoms with Gasteiger partial charge in [-0.2, -0.15) is 13.2 Å². The van der Waals surface area contributed by atoms with Crippen molar-refractivity contribution < 1.29 is 22.6 Å². The minimum Gasteiger partial charge on any atom is -0.353 e. The molecule has 0 heterocycles. The molecule has 0 bridgehead atoms. The molecular formula is C12H21F3O2. The van der Waals surface area contributed by atoms with E-state index in [1.54, 1.807) is 0 Å². The van der Waals surface area contributed by atoms with Crippen LogP contribution >= 0.6 is 0 Å². The van der Waals surface area contributed by atoms with Crippen molar-refractivity contribution in [1.29, 1.82) is 0 Å². The second kappa shape index (κ2) is 7.01. The van der Waals surface area contributed by atoms with E-state index < -0.39 is 18.1 Å². The van der Waals surface area contributed by atoms with Gasteiger partial charge in [-0.1, -0.05) is 19.4 Å². The molecule has 102 valence electrons. The fraction of sp³-hybridized carbons (Fsp3) is 0.833. The maximum atomic E-state index is 12.8. The van der Waals surface area contributed by atoms with Crippen LogP contribution in [0.3, 0.4) is 0 Å². The Morgan fingerprint density at radius 3 is 2.35 bits per heavy atom. The number of alkyl halides is 3. The van der Waals surface area contributed by atoms with Gasteiger partial charge in [0.15, 0.2) is 11.9 Å². The van der Waals surface area contributed by atoms with E-state index in [1.165, 1.54) is 13.0 Å². The van der Waals surface area contributed by atoms with Gasteiger partial charge in [0, 0.05) is 13.0 Å². The lowest BCUT2D eigenvalue weighted by Gasteiger charge is -2.33. The highest BCUT2D eigenvalue weighted by Gasteiger charge is 2.52. The highest BCUT2D eigenvalue weighted by molar-refractivity contribution is 4.90. The Hall–Kier alpha value is -0.550. The van der Waals surface area contributed by atoms with Crippen LogP contribution in [-0.2, 0) is 9.47 Å². The lowest BCUT2D eigenvalue weighted by molar-refractivity contribution is -0.313. The third kappa shape index (κ3) is 5.55. The second-order valence-electron chi connectivity index (χ2n) is 4.13. The molecule has 0 fully saturated rings. The molecule has 0 saturated heterocycles. The van der Waals surface area contributed by atoms with E-state index in [-0.39, 0.29) is 6.42 Å². The number of hydrogen-bond acceptors (Lipinski definition) is 2. The van der Waals surface area contributed by atoms with E-state index in [0.29, 0.717) is 6.61 Å². The lowest BCUT2D eigenvalue weighted by atomic mass is 10.0. The molecule has 0 aromatic carbocycles. The van der Waals surface area contributed by atoms with Gasteiger partial charge >= 0.3 is 6.18 Å². The molecule has 2 nitrogen and oxygen atoms in total. The van der Waals surface area contributed by atoms with Crippen molar-refractivity contribution in [3.05, 3.63) is 12.7 Å². The molecule has 0 aliphatic heterocycles. The monoisotopic (exact) mass is 254 g/mol. The van der Waals surface area contributed by atoms with Crippen LogP contribution in [0.1, 0.15) is 40.0 Å². The van der Waals surface area contributed by atoms with Crippen LogP contribution in [0.2, 0.25) is 0 Å². The van der Waals surface area contributed by atoms with Gasteiger partial charge in [-0.15, -0.1) is 6.58 Å². The maximum absolute atomic E-state index is 12.8. The molecule has 0 aliphatic rings. The summed E-state index contributed by atoms with van der Waals surface area (Å²) in [6, 6.07) is 0. The fourth-order valence-corrected chi connectivity index (χ4v) is 1.30. The molecule has 0 radical (unpaired) electrons. The van der Waals surface area contributed by atoms with Crippen LogP contribution in [0.25, 0.3) is 0 Å². The van der Waals surface area contributed by atoms with E-state index >= 15 is 0 Å². The van der Waals surface area contributed by atoms with Gasteiger partial charge in [0.1, 0.15) is 0 Å². The average molecular weight is 254 g/mol. The molecule has 2 atom stereocenters. The summed E-state index contributed by atoms with van der Waals surface area (Å²) in [6.07, 6.45) is -2.69. The summed E-state index contributed by atoms with van der Waals surface area (Å²) in [5.74, 6) is 0. The molecule has 0 aliphatic carbocycles. The zero-order valence-electron chi connectivity index (χ0n) is 10.6. The predicted octanol–water partition coefficient (Wildman–Crippen LogP) is 4.06. The quantitative estimate of drug-likeness (QED) is 0.369. The van der Waals surface area contributed by atoms with Crippen molar-refractivity contribution in [2.45, 2.75) is 58.1 Å². The largest absolute Gasteiger partial charge is 0.417 e. The van der Waals surface area contributed by atoms with E-state index in [9.17, 15) is 13.2 Å².